The molecule has 19 heavy (non-hydrogen) atoms. The van der Waals surface area contributed by atoms with E-state index in [1.54, 1.807) is 0 Å². The Morgan fingerprint density at radius 2 is 1.79 bits per heavy atom. The summed E-state index contributed by atoms with van der Waals surface area (Å²) in [6.07, 6.45) is 7.38. The van der Waals surface area contributed by atoms with Gasteiger partial charge in [-0.05, 0) is 38.6 Å². The summed E-state index contributed by atoms with van der Waals surface area (Å²) in [7, 11) is 0. The molecule has 2 fully saturated rings. The second kappa shape index (κ2) is 7.25. The second-order valence-electron chi connectivity index (χ2n) is 6.26. The molecule has 2 saturated heterocycles. The number of hydrogen-bond donors (Lipinski definition) is 1. The monoisotopic (exact) mass is 267 g/mol. The summed E-state index contributed by atoms with van der Waals surface area (Å²) in [5.41, 5.74) is 5.75. The Kier molecular flexibility index (Phi) is 5.64. The zero-order chi connectivity index (χ0) is 13.7. The fraction of sp³-hybridized carbons (Fsp3) is 0.933. The van der Waals surface area contributed by atoms with Crippen LogP contribution in [0.3, 0.4) is 0 Å². The van der Waals surface area contributed by atoms with Crippen molar-refractivity contribution in [1.29, 1.82) is 0 Å². The maximum Gasteiger partial charge on any atom is 0.236 e. The Bertz CT molecular complexity index is 287. The maximum atomic E-state index is 12.4. The molecule has 110 valence electrons. The van der Waals surface area contributed by atoms with Gasteiger partial charge in [0.25, 0.3) is 0 Å². The molecule has 2 aliphatic rings. The zero-order valence-corrected chi connectivity index (χ0v) is 12.3. The predicted octanol–water partition coefficient (Wildman–Crippen LogP) is 1.45. The van der Waals surface area contributed by atoms with Gasteiger partial charge in [0.05, 0.1) is 6.54 Å². The van der Waals surface area contributed by atoms with Gasteiger partial charge in [-0.1, -0.05) is 19.3 Å². The summed E-state index contributed by atoms with van der Waals surface area (Å²) < 4.78 is 0. The Morgan fingerprint density at radius 3 is 2.37 bits per heavy atom. The van der Waals surface area contributed by atoms with E-state index in [9.17, 15) is 4.79 Å². The third kappa shape index (κ3) is 4.18. The molecule has 1 amide bonds. The van der Waals surface area contributed by atoms with Crippen LogP contribution in [0.25, 0.3) is 0 Å². The standard InChI is InChI=1S/C15H29N3O/c1-13-9-14(10-16)11-18(13)12-15(19)17-7-5-3-2-4-6-8-17/h13-14H,2-12,16H2,1H3. The summed E-state index contributed by atoms with van der Waals surface area (Å²) >= 11 is 0. The third-order valence-electron chi connectivity index (χ3n) is 4.67. The van der Waals surface area contributed by atoms with E-state index in [2.05, 4.69) is 16.7 Å². The molecule has 2 unspecified atom stereocenters. The first kappa shape index (κ1) is 14.8. The van der Waals surface area contributed by atoms with Gasteiger partial charge in [0.1, 0.15) is 0 Å². The minimum absolute atomic E-state index is 0.325. The Labute approximate surface area is 117 Å². The van der Waals surface area contributed by atoms with E-state index >= 15 is 0 Å². The van der Waals surface area contributed by atoms with Crippen LogP contribution in [-0.2, 0) is 4.79 Å². The molecule has 2 N–H and O–H groups in total. The highest BCUT2D eigenvalue weighted by Crippen LogP contribution is 2.22. The van der Waals surface area contributed by atoms with Crippen molar-refractivity contribution >= 4 is 5.91 Å². The number of hydrogen-bond acceptors (Lipinski definition) is 3. The van der Waals surface area contributed by atoms with Crippen LogP contribution < -0.4 is 5.73 Å². The summed E-state index contributed by atoms with van der Waals surface area (Å²) in [5, 5.41) is 0. The molecule has 0 aromatic carbocycles. The summed E-state index contributed by atoms with van der Waals surface area (Å²) in [4.78, 5) is 16.8. The number of carbonyl (C=O) groups excluding carboxylic acids is 1. The van der Waals surface area contributed by atoms with Gasteiger partial charge >= 0.3 is 0 Å². The lowest BCUT2D eigenvalue weighted by atomic mass is 10.1. The molecule has 0 aromatic rings. The van der Waals surface area contributed by atoms with Crippen LogP contribution in [0.5, 0.6) is 0 Å². The van der Waals surface area contributed by atoms with Crippen LogP contribution in [0.2, 0.25) is 0 Å². The van der Waals surface area contributed by atoms with Crippen LogP contribution >= 0.6 is 0 Å². The van der Waals surface area contributed by atoms with Crippen molar-refractivity contribution < 1.29 is 4.79 Å². The van der Waals surface area contributed by atoms with E-state index in [1.165, 1.54) is 32.1 Å². The number of likely N-dealkylation sites (tertiary alicyclic amines) is 2. The number of rotatable bonds is 3. The Morgan fingerprint density at radius 1 is 1.16 bits per heavy atom. The van der Waals surface area contributed by atoms with Crippen molar-refractivity contribution in [1.82, 2.24) is 9.80 Å². The van der Waals surface area contributed by atoms with Gasteiger partial charge in [-0.3, -0.25) is 9.69 Å². The van der Waals surface area contributed by atoms with Gasteiger partial charge in [-0.2, -0.15) is 0 Å². The molecular weight excluding hydrogens is 238 g/mol. The average Bonchev–Trinajstić information content (AvgIpc) is 2.69. The molecule has 0 bridgehead atoms. The van der Waals surface area contributed by atoms with Gasteiger partial charge in [0.15, 0.2) is 0 Å². The molecule has 0 radical (unpaired) electrons. The van der Waals surface area contributed by atoms with E-state index in [1.807, 2.05) is 0 Å². The first-order valence-corrected chi connectivity index (χ1v) is 7.92. The SMILES string of the molecule is CC1CC(CN)CN1CC(=O)N1CCCCCCC1. The fourth-order valence-electron chi connectivity index (χ4n) is 3.38. The zero-order valence-electron chi connectivity index (χ0n) is 12.3. The van der Waals surface area contributed by atoms with Crippen LogP contribution in [-0.4, -0.2) is 54.5 Å². The molecule has 2 heterocycles. The van der Waals surface area contributed by atoms with E-state index in [0.29, 0.717) is 24.4 Å². The molecule has 0 aliphatic carbocycles. The highest BCUT2D eigenvalue weighted by Gasteiger charge is 2.30. The van der Waals surface area contributed by atoms with E-state index < -0.39 is 0 Å². The van der Waals surface area contributed by atoms with Crippen LogP contribution in [0.4, 0.5) is 0 Å². The third-order valence-corrected chi connectivity index (χ3v) is 4.67. The van der Waals surface area contributed by atoms with Crippen molar-refractivity contribution in [2.75, 3.05) is 32.7 Å². The lowest BCUT2D eigenvalue weighted by molar-refractivity contribution is -0.133. The summed E-state index contributed by atoms with van der Waals surface area (Å²) in [6.45, 7) is 6.48. The highest BCUT2D eigenvalue weighted by molar-refractivity contribution is 5.78. The quantitative estimate of drug-likeness (QED) is 0.842. The molecule has 0 spiro atoms. The van der Waals surface area contributed by atoms with E-state index in [-0.39, 0.29) is 0 Å². The molecule has 2 rings (SSSR count). The Balaban J connectivity index is 1.82. The summed E-state index contributed by atoms with van der Waals surface area (Å²) in [6, 6.07) is 0.507. The van der Waals surface area contributed by atoms with Gasteiger partial charge in [0.2, 0.25) is 5.91 Å². The van der Waals surface area contributed by atoms with Crippen molar-refractivity contribution in [3.8, 4) is 0 Å². The molecule has 0 saturated carbocycles. The fourth-order valence-corrected chi connectivity index (χ4v) is 3.38. The smallest absolute Gasteiger partial charge is 0.236 e. The lowest BCUT2D eigenvalue weighted by Gasteiger charge is -2.28. The average molecular weight is 267 g/mol. The highest BCUT2D eigenvalue weighted by atomic mass is 16.2. The molecule has 4 nitrogen and oxygen atoms in total. The van der Waals surface area contributed by atoms with Gasteiger partial charge in [0, 0.05) is 25.7 Å². The van der Waals surface area contributed by atoms with E-state index in [4.69, 9.17) is 5.73 Å². The normalized spacial score (nSPS) is 30.1. The van der Waals surface area contributed by atoms with Crippen LogP contribution in [0.1, 0.15) is 45.4 Å². The topological polar surface area (TPSA) is 49.6 Å². The van der Waals surface area contributed by atoms with Crippen molar-refractivity contribution in [3.63, 3.8) is 0 Å². The Hall–Kier alpha value is -0.610. The minimum atomic E-state index is 0.325. The van der Waals surface area contributed by atoms with Crippen molar-refractivity contribution in [2.45, 2.75) is 51.5 Å². The number of carbonyl (C=O) groups is 1. The second-order valence-corrected chi connectivity index (χ2v) is 6.26. The molecular formula is C15H29N3O. The van der Waals surface area contributed by atoms with Gasteiger partial charge in [-0.15, -0.1) is 0 Å². The van der Waals surface area contributed by atoms with Crippen molar-refractivity contribution in [2.24, 2.45) is 11.7 Å². The van der Waals surface area contributed by atoms with Crippen LogP contribution in [0, 0.1) is 5.92 Å². The minimum Gasteiger partial charge on any atom is -0.342 e. The van der Waals surface area contributed by atoms with E-state index in [0.717, 1.165) is 32.6 Å². The predicted molar refractivity (Wildman–Crippen MR) is 77.9 cm³/mol. The number of amides is 1. The number of nitrogens with two attached hydrogens (primary N) is 1. The first-order valence-electron chi connectivity index (χ1n) is 7.92. The van der Waals surface area contributed by atoms with Crippen LogP contribution in [0.15, 0.2) is 0 Å². The number of nitrogens with zero attached hydrogens (tertiary/aromatic N) is 2. The van der Waals surface area contributed by atoms with Crippen molar-refractivity contribution in [3.05, 3.63) is 0 Å². The van der Waals surface area contributed by atoms with Gasteiger partial charge < -0.3 is 10.6 Å². The maximum absolute atomic E-state index is 12.4. The molecule has 0 aromatic heterocycles. The molecule has 2 aliphatic heterocycles. The van der Waals surface area contributed by atoms with Gasteiger partial charge in [-0.25, -0.2) is 0 Å². The molecule has 2 atom stereocenters. The lowest BCUT2D eigenvalue weighted by Crippen LogP contribution is -2.43. The first-order chi connectivity index (χ1) is 9.20. The largest absolute Gasteiger partial charge is 0.342 e. The molecule has 4 heteroatoms. The summed E-state index contributed by atoms with van der Waals surface area (Å²) in [5.74, 6) is 0.904.